The summed E-state index contributed by atoms with van der Waals surface area (Å²) in [6.45, 7) is 6.16. The quantitative estimate of drug-likeness (QED) is 0.588. The zero-order valence-corrected chi connectivity index (χ0v) is 22.3. The number of fused-ring (bicyclic) bond motifs is 11. The molecule has 3 atom stereocenters. The van der Waals surface area contributed by atoms with Gasteiger partial charge in [0, 0.05) is 13.5 Å². The Morgan fingerprint density at radius 1 is 1.05 bits per heavy atom. The van der Waals surface area contributed by atoms with E-state index < -0.39 is 29.2 Å². The summed E-state index contributed by atoms with van der Waals surface area (Å²) in [5.41, 5.74) is 3.08. The average molecular weight is 507 g/mol. The first-order chi connectivity index (χ1) is 17.7. The number of carbonyl (C=O) groups excluding carboxylic acids is 3. The number of alkyl carbamates (subject to hydrolysis) is 1. The van der Waals surface area contributed by atoms with Gasteiger partial charge in [-0.15, -0.1) is 0 Å². The lowest BCUT2D eigenvalue weighted by atomic mass is 9.85. The molecule has 3 aliphatic rings. The van der Waals surface area contributed by atoms with Crippen molar-refractivity contribution in [3.63, 3.8) is 0 Å². The van der Waals surface area contributed by atoms with E-state index in [1.807, 2.05) is 39.0 Å². The van der Waals surface area contributed by atoms with Crippen molar-refractivity contribution in [2.75, 3.05) is 20.3 Å². The third kappa shape index (κ3) is 5.72. The van der Waals surface area contributed by atoms with Crippen LogP contribution >= 0.6 is 0 Å². The van der Waals surface area contributed by atoms with E-state index in [9.17, 15) is 14.4 Å². The van der Waals surface area contributed by atoms with Gasteiger partial charge in [0.25, 0.3) is 0 Å². The Balaban J connectivity index is 1.74. The van der Waals surface area contributed by atoms with Crippen LogP contribution in [-0.2, 0) is 31.1 Å². The van der Waals surface area contributed by atoms with E-state index in [0.717, 1.165) is 43.1 Å². The smallest absolute Gasteiger partial charge is 0.407 e. The van der Waals surface area contributed by atoms with E-state index in [2.05, 4.69) is 35.6 Å². The molecule has 0 aliphatic carbocycles. The van der Waals surface area contributed by atoms with Crippen LogP contribution in [0.5, 0.6) is 0 Å². The molecule has 2 amide bonds. The minimum Gasteiger partial charge on any atom is -0.450 e. The number of aryl methyl sites for hydroxylation is 1. The Bertz CT molecular complexity index is 1120. The van der Waals surface area contributed by atoms with Crippen LogP contribution in [0.1, 0.15) is 57.6 Å². The van der Waals surface area contributed by atoms with Crippen molar-refractivity contribution in [2.24, 2.45) is 5.41 Å². The summed E-state index contributed by atoms with van der Waals surface area (Å²) in [6.07, 6.45) is 4.11. The third-order valence-electron chi connectivity index (χ3n) is 7.63. The van der Waals surface area contributed by atoms with Crippen LogP contribution in [-0.4, -0.2) is 55.5 Å². The predicted octanol–water partition coefficient (Wildman–Crippen LogP) is 4.86. The van der Waals surface area contributed by atoms with Crippen molar-refractivity contribution in [2.45, 2.75) is 70.6 Å². The van der Waals surface area contributed by atoms with Gasteiger partial charge in [-0.2, -0.15) is 0 Å². The SMILES string of the molecule is CO[C@@]12C[C@@H](C=O)N(C1)C(=O)[C@H](C(C)(C)C)NC(=O)OCCCCCc1ccccc1-c1ccc2cc1. The molecule has 1 N–H and O–H groups in total. The number of hydrogen-bond acceptors (Lipinski definition) is 5. The molecule has 198 valence electrons. The highest BCUT2D eigenvalue weighted by Gasteiger charge is 2.50. The summed E-state index contributed by atoms with van der Waals surface area (Å²) >= 11 is 0. The van der Waals surface area contributed by atoms with Crippen molar-refractivity contribution in [3.8, 4) is 11.1 Å². The summed E-state index contributed by atoms with van der Waals surface area (Å²) in [6, 6.07) is 15.1. The molecule has 2 aromatic carbocycles. The molecule has 7 nitrogen and oxygen atoms in total. The van der Waals surface area contributed by atoms with Crippen LogP contribution in [0, 0.1) is 5.41 Å². The second-order valence-corrected chi connectivity index (χ2v) is 11.2. The van der Waals surface area contributed by atoms with Crippen LogP contribution in [0.15, 0.2) is 48.5 Å². The molecule has 0 aromatic heterocycles. The van der Waals surface area contributed by atoms with Gasteiger partial charge in [-0.3, -0.25) is 4.79 Å². The predicted molar refractivity (Wildman–Crippen MR) is 142 cm³/mol. The molecule has 0 spiro atoms. The van der Waals surface area contributed by atoms with Gasteiger partial charge in [0.05, 0.1) is 19.2 Å². The minimum absolute atomic E-state index is 0.213. The lowest BCUT2D eigenvalue weighted by Gasteiger charge is -2.35. The normalized spacial score (nSPS) is 25.4. The molecule has 0 saturated carbocycles. The first-order valence-electron chi connectivity index (χ1n) is 13.1. The molecule has 3 aliphatic heterocycles. The lowest BCUT2D eigenvalue weighted by Crippen LogP contribution is -2.56. The summed E-state index contributed by atoms with van der Waals surface area (Å²) in [7, 11) is 1.62. The largest absolute Gasteiger partial charge is 0.450 e. The Morgan fingerprint density at radius 3 is 2.46 bits per heavy atom. The van der Waals surface area contributed by atoms with Gasteiger partial charge in [-0.25, -0.2) is 4.79 Å². The number of hydrogen-bond donors (Lipinski definition) is 1. The molecule has 1 fully saturated rings. The summed E-state index contributed by atoms with van der Waals surface area (Å²) < 4.78 is 11.5. The molecule has 4 bridgehead atoms. The molecule has 1 saturated heterocycles. The number of nitrogens with one attached hydrogen (secondary N) is 1. The molecule has 3 heterocycles. The summed E-state index contributed by atoms with van der Waals surface area (Å²) in [5, 5.41) is 2.78. The Labute approximate surface area is 219 Å². The Kier molecular flexibility index (Phi) is 8.02. The van der Waals surface area contributed by atoms with Gasteiger partial charge in [-0.05, 0) is 53.4 Å². The number of ether oxygens (including phenoxy) is 2. The fraction of sp³-hybridized carbons (Fsp3) is 0.500. The maximum Gasteiger partial charge on any atom is 0.407 e. The first kappa shape index (κ1) is 26.9. The van der Waals surface area contributed by atoms with E-state index in [-0.39, 0.29) is 19.1 Å². The van der Waals surface area contributed by atoms with E-state index in [4.69, 9.17) is 9.47 Å². The summed E-state index contributed by atoms with van der Waals surface area (Å²) in [4.78, 5) is 40.1. The zero-order chi connectivity index (χ0) is 26.6. The molecule has 37 heavy (non-hydrogen) atoms. The van der Waals surface area contributed by atoms with Crippen molar-refractivity contribution in [1.29, 1.82) is 0 Å². The number of rotatable bonds is 2. The fourth-order valence-corrected chi connectivity index (χ4v) is 5.45. The second kappa shape index (κ2) is 11.1. The molecule has 2 aromatic rings. The van der Waals surface area contributed by atoms with Crippen LogP contribution in [0.2, 0.25) is 0 Å². The van der Waals surface area contributed by atoms with E-state index in [0.29, 0.717) is 6.42 Å². The maximum absolute atomic E-state index is 13.8. The van der Waals surface area contributed by atoms with Gasteiger partial charge in [-0.1, -0.05) is 69.3 Å². The van der Waals surface area contributed by atoms with E-state index in [1.165, 1.54) is 11.1 Å². The lowest BCUT2D eigenvalue weighted by molar-refractivity contribution is -0.139. The number of amides is 2. The van der Waals surface area contributed by atoms with Crippen LogP contribution in [0.4, 0.5) is 4.79 Å². The van der Waals surface area contributed by atoms with Crippen molar-refractivity contribution >= 4 is 18.3 Å². The van der Waals surface area contributed by atoms with Crippen LogP contribution < -0.4 is 5.32 Å². The fourth-order valence-electron chi connectivity index (χ4n) is 5.45. The number of benzene rings is 2. The number of carbonyl (C=O) groups is 3. The van der Waals surface area contributed by atoms with Gasteiger partial charge in [0.1, 0.15) is 17.9 Å². The van der Waals surface area contributed by atoms with Gasteiger partial charge in [0.15, 0.2) is 0 Å². The van der Waals surface area contributed by atoms with Gasteiger partial charge >= 0.3 is 6.09 Å². The summed E-state index contributed by atoms with van der Waals surface area (Å²) in [5.74, 6) is -0.316. The third-order valence-corrected chi connectivity index (χ3v) is 7.63. The van der Waals surface area contributed by atoms with Crippen LogP contribution in [0.25, 0.3) is 11.1 Å². The monoisotopic (exact) mass is 506 g/mol. The van der Waals surface area contributed by atoms with Gasteiger partial charge < -0.3 is 24.5 Å². The standard InChI is InChI=1S/C30H38N2O5/c1-29(2,3)26-27(34)32-20-30(36-4,18-24(32)19-33)23-15-13-22(14-16-23)25-12-8-7-11-21(25)10-6-5-9-17-37-28(35)31-26/h7-8,11-16,19,24,26H,5-6,9-10,17-18,20H2,1-4H3,(H,31,35)/t24-,26+,30-/m0/s1. The van der Waals surface area contributed by atoms with E-state index >= 15 is 0 Å². The molecular formula is C30H38N2O5. The highest BCUT2D eigenvalue weighted by Crippen LogP contribution is 2.40. The zero-order valence-electron chi connectivity index (χ0n) is 22.3. The number of methoxy groups -OCH3 is 1. The van der Waals surface area contributed by atoms with Crippen LogP contribution in [0.3, 0.4) is 0 Å². The Morgan fingerprint density at radius 2 is 1.78 bits per heavy atom. The second-order valence-electron chi connectivity index (χ2n) is 11.2. The van der Waals surface area contributed by atoms with E-state index in [1.54, 1.807) is 12.0 Å². The maximum atomic E-state index is 13.8. The first-order valence-corrected chi connectivity index (χ1v) is 13.1. The molecule has 0 radical (unpaired) electrons. The van der Waals surface area contributed by atoms with Crippen molar-refractivity contribution < 1.29 is 23.9 Å². The molecule has 5 rings (SSSR count). The number of aldehydes is 1. The highest BCUT2D eigenvalue weighted by atomic mass is 16.5. The topological polar surface area (TPSA) is 84.9 Å². The molecule has 7 heteroatoms. The Hall–Kier alpha value is -3.19. The van der Waals surface area contributed by atoms with Gasteiger partial charge in [0.2, 0.25) is 5.91 Å². The highest BCUT2D eigenvalue weighted by molar-refractivity contribution is 5.89. The van der Waals surface area contributed by atoms with Crippen molar-refractivity contribution in [3.05, 3.63) is 59.7 Å². The van der Waals surface area contributed by atoms with Crippen molar-refractivity contribution in [1.82, 2.24) is 10.2 Å². The average Bonchev–Trinajstić information content (AvgIpc) is 3.28. The molecule has 0 unspecified atom stereocenters. The number of nitrogens with zero attached hydrogens (tertiary/aromatic N) is 1. The minimum atomic E-state index is -0.853. The molecular weight excluding hydrogens is 468 g/mol.